The first-order chi connectivity index (χ1) is 31.2. The molecular formula is C48H78O15P2. The van der Waals surface area contributed by atoms with Gasteiger partial charge in [0, 0.05) is 18.8 Å². The van der Waals surface area contributed by atoms with E-state index in [2.05, 4.69) is 71.5 Å². The van der Waals surface area contributed by atoms with Crippen molar-refractivity contribution in [2.45, 2.75) is 161 Å². The summed E-state index contributed by atoms with van der Waals surface area (Å²) in [4.78, 5) is 65.4. The molecule has 0 amide bonds. The largest absolute Gasteiger partial charge is 0.472 e. The van der Waals surface area contributed by atoms with Crippen LogP contribution < -0.4 is 0 Å². The molecule has 1 aliphatic rings. The second-order valence-electron chi connectivity index (χ2n) is 16.0. The number of phosphoric ester groups is 2. The zero-order chi connectivity index (χ0) is 48.0. The fourth-order valence-corrected chi connectivity index (χ4v) is 7.48. The van der Waals surface area contributed by atoms with Crippen LogP contribution >= 0.6 is 15.6 Å². The van der Waals surface area contributed by atoms with Gasteiger partial charge in [0.25, 0.3) is 0 Å². The van der Waals surface area contributed by atoms with Crippen molar-refractivity contribution in [2.75, 3.05) is 26.4 Å². The molecule has 0 fully saturated rings. The van der Waals surface area contributed by atoms with Crippen molar-refractivity contribution in [1.82, 2.24) is 0 Å². The number of ether oxygens (including phenoxy) is 2. The number of hydrogen-bond acceptors (Lipinski definition) is 12. The fourth-order valence-electron chi connectivity index (χ4n) is 6.32. The molecule has 0 saturated carbocycles. The lowest BCUT2D eigenvalue weighted by Crippen LogP contribution is -2.30. The van der Waals surface area contributed by atoms with Gasteiger partial charge in [0.15, 0.2) is 11.9 Å². The predicted octanol–water partition coefficient (Wildman–Crippen LogP) is 9.96. The maximum absolute atomic E-state index is 12.7. The molecule has 0 heterocycles. The molecule has 370 valence electrons. The lowest BCUT2D eigenvalue weighted by Gasteiger charge is -2.20. The first-order valence-electron chi connectivity index (χ1n) is 23.3. The summed E-state index contributed by atoms with van der Waals surface area (Å²) < 4.78 is 47.8. The first kappa shape index (κ1) is 59.9. The molecule has 1 unspecified atom stereocenters. The van der Waals surface area contributed by atoms with Gasteiger partial charge in [0.05, 0.1) is 25.9 Å². The van der Waals surface area contributed by atoms with E-state index < -0.39 is 72.3 Å². The van der Waals surface area contributed by atoms with Gasteiger partial charge < -0.3 is 34.4 Å². The summed E-state index contributed by atoms with van der Waals surface area (Å²) in [5.74, 6) is -1.57. The minimum absolute atomic E-state index is 0.00540. The van der Waals surface area contributed by atoms with Crippen molar-refractivity contribution in [3.05, 3.63) is 85.1 Å². The molecule has 0 aromatic carbocycles. The van der Waals surface area contributed by atoms with Crippen LogP contribution in [0.1, 0.15) is 142 Å². The van der Waals surface area contributed by atoms with Crippen LogP contribution in [-0.2, 0) is 46.6 Å². The fraction of sp³-hybridized carbons (Fsp3) is 0.646. The zero-order valence-electron chi connectivity index (χ0n) is 38.7. The molecule has 15 nitrogen and oxygen atoms in total. The molecule has 0 aliphatic heterocycles. The smallest absolute Gasteiger partial charge is 0.462 e. The number of carbonyl (C=O) groups is 3. The first-order valence-corrected chi connectivity index (χ1v) is 26.4. The molecule has 0 aromatic rings. The highest BCUT2D eigenvalue weighted by molar-refractivity contribution is 7.47. The second-order valence-corrected chi connectivity index (χ2v) is 18.7. The summed E-state index contributed by atoms with van der Waals surface area (Å²) in [7, 11) is -9.77. The average Bonchev–Trinajstić information content (AvgIpc) is 3.62. The van der Waals surface area contributed by atoms with E-state index in [1.807, 2.05) is 18.2 Å². The molecule has 0 bridgehead atoms. The molecule has 5 N–H and O–H groups in total. The van der Waals surface area contributed by atoms with Crippen molar-refractivity contribution in [2.24, 2.45) is 11.8 Å². The van der Waals surface area contributed by atoms with Crippen molar-refractivity contribution < 1.29 is 71.5 Å². The number of allylic oxidation sites excluding steroid dienone is 13. The van der Waals surface area contributed by atoms with E-state index in [1.54, 1.807) is 18.2 Å². The van der Waals surface area contributed by atoms with Gasteiger partial charge in [-0.2, -0.15) is 0 Å². The standard InChI is InChI=1S/C48H78O15P2/c1-3-5-7-8-9-10-11-12-13-14-15-16-17-18-19-20-21-22-28-32-48(53)63-44(40-62-65(57,58)61-38-43(50)37-60-64(54,55)56)39-59-47(52)31-27-24-23-26-29-41-33-36-46(51)45(41)35-34-42(49)30-25-6-4-2/h9-10,12-13,15-16,18-19,23,26,33-36,41-45,49-50H,3-8,11,14,17,20-22,24-25,27-32,37-40H2,1-2H3,(H,57,58)(H2,54,55,56)/b10-9-,13-12-,16-15-,19-18-,26-23-,35-34+/t41-,42-,43-,44+,45+/m0/s1. The van der Waals surface area contributed by atoms with E-state index in [9.17, 15) is 38.6 Å². The van der Waals surface area contributed by atoms with E-state index in [0.717, 1.165) is 64.2 Å². The Bertz CT molecular complexity index is 1610. The number of rotatable bonds is 40. The van der Waals surface area contributed by atoms with Crippen LogP contribution in [-0.4, -0.2) is 87.4 Å². The SMILES string of the molecule is CCCCC/C=C\C/C=C\C/C=C\C/C=C\CCCCCC(=O)O[C@H](COC(=O)CCC/C=C\C[C@H]1C=CC(=O)[C@@H]1/C=C/[C@@H](O)CCCCC)COP(=O)(O)OC[C@@H](O)COP(=O)(O)O. The molecule has 6 atom stereocenters. The molecule has 0 aromatic heterocycles. The van der Waals surface area contributed by atoms with Crippen molar-refractivity contribution >= 4 is 33.4 Å². The topological polar surface area (TPSA) is 233 Å². The van der Waals surface area contributed by atoms with E-state index in [1.165, 1.54) is 19.3 Å². The number of aliphatic hydroxyl groups is 2. The van der Waals surface area contributed by atoms with Gasteiger partial charge >= 0.3 is 27.6 Å². The van der Waals surface area contributed by atoms with Crippen LogP contribution in [0.25, 0.3) is 0 Å². The van der Waals surface area contributed by atoms with Gasteiger partial charge in [-0.15, -0.1) is 0 Å². The van der Waals surface area contributed by atoms with Crippen molar-refractivity contribution in [1.29, 1.82) is 0 Å². The van der Waals surface area contributed by atoms with Crippen molar-refractivity contribution in [3.63, 3.8) is 0 Å². The third kappa shape index (κ3) is 35.8. The average molecular weight is 957 g/mol. The summed E-state index contributed by atoms with van der Waals surface area (Å²) in [6, 6.07) is 0. The van der Waals surface area contributed by atoms with Crippen LogP contribution in [0, 0.1) is 11.8 Å². The highest BCUT2D eigenvalue weighted by atomic mass is 31.2. The molecule has 17 heteroatoms. The predicted molar refractivity (Wildman–Crippen MR) is 252 cm³/mol. The van der Waals surface area contributed by atoms with Gasteiger partial charge in [-0.05, 0) is 89.0 Å². The van der Waals surface area contributed by atoms with Gasteiger partial charge in [-0.3, -0.25) is 28.0 Å². The summed E-state index contributed by atoms with van der Waals surface area (Å²) in [6.07, 6.45) is 40.6. The molecular weight excluding hydrogens is 878 g/mol. The van der Waals surface area contributed by atoms with Crippen LogP contribution in [0.2, 0.25) is 0 Å². The Morgan fingerprint density at radius 2 is 1.22 bits per heavy atom. The molecule has 65 heavy (non-hydrogen) atoms. The van der Waals surface area contributed by atoms with Crippen LogP contribution in [0.4, 0.5) is 0 Å². The zero-order valence-corrected chi connectivity index (χ0v) is 40.4. The van der Waals surface area contributed by atoms with Crippen LogP contribution in [0.15, 0.2) is 85.1 Å². The Hall–Kier alpha value is -3.07. The summed E-state index contributed by atoms with van der Waals surface area (Å²) in [5, 5.41) is 20.0. The minimum Gasteiger partial charge on any atom is -0.462 e. The molecule has 0 radical (unpaired) electrons. The summed E-state index contributed by atoms with van der Waals surface area (Å²) >= 11 is 0. The van der Waals surface area contributed by atoms with Crippen LogP contribution in [0.3, 0.4) is 0 Å². The molecule has 1 aliphatic carbocycles. The number of esters is 2. The van der Waals surface area contributed by atoms with E-state index >= 15 is 0 Å². The van der Waals surface area contributed by atoms with Gasteiger partial charge in [-0.25, -0.2) is 9.13 Å². The highest BCUT2D eigenvalue weighted by Crippen LogP contribution is 2.44. The number of ketones is 1. The third-order valence-electron chi connectivity index (χ3n) is 9.99. The minimum atomic E-state index is -4.90. The number of phosphoric acid groups is 2. The maximum Gasteiger partial charge on any atom is 0.472 e. The number of carbonyl (C=O) groups excluding carboxylic acids is 3. The molecule has 0 saturated heterocycles. The Labute approximate surface area is 387 Å². The molecule has 1 rings (SSSR count). The van der Waals surface area contributed by atoms with E-state index in [-0.39, 0.29) is 30.5 Å². The summed E-state index contributed by atoms with van der Waals surface area (Å²) in [5.41, 5.74) is 0. The van der Waals surface area contributed by atoms with E-state index in [4.69, 9.17) is 23.8 Å². The number of hydrogen-bond donors (Lipinski definition) is 5. The number of aliphatic hydroxyl groups excluding tert-OH is 2. The normalized spacial score (nSPS) is 18.3. The monoisotopic (exact) mass is 956 g/mol. The lowest BCUT2D eigenvalue weighted by atomic mass is 9.90. The Morgan fingerprint density at radius 3 is 1.86 bits per heavy atom. The van der Waals surface area contributed by atoms with Crippen molar-refractivity contribution in [3.8, 4) is 0 Å². The Balaban J connectivity index is 2.54. The summed E-state index contributed by atoms with van der Waals surface area (Å²) in [6.45, 7) is 1.36. The lowest BCUT2D eigenvalue weighted by molar-refractivity contribution is -0.161. The number of unbranched alkanes of at least 4 members (excludes halogenated alkanes) is 9. The second kappa shape index (κ2) is 38.0. The maximum atomic E-state index is 12.7. The highest BCUT2D eigenvalue weighted by Gasteiger charge is 2.29. The van der Waals surface area contributed by atoms with Gasteiger partial charge in [0.2, 0.25) is 0 Å². The quantitative estimate of drug-likeness (QED) is 0.0166. The van der Waals surface area contributed by atoms with Gasteiger partial charge in [0.1, 0.15) is 12.7 Å². The third-order valence-corrected chi connectivity index (χ3v) is 11.4. The molecule has 0 spiro atoms. The van der Waals surface area contributed by atoms with E-state index in [0.29, 0.717) is 32.1 Å². The van der Waals surface area contributed by atoms with Crippen LogP contribution in [0.5, 0.6) is 0 Å². The van der Waals surface area contributed by atoms with Gasteiger partial charge in [-0.1, -0.05) is 131 Å². The Morgan fingerprint density at radius 1 is 0.662 bits per heavy atom. The Kier molecular flexibility index (Phi) is 35.0.